The van der Waals surface area contributed by atoms with Crippen molar-refractivity contribution in [2.24, 2.45) is 5.92 Å². The Morgan fingerprint density at radius 2 is 1.53 bits per heavy atom. The number of esters is 1. The number of ether oxygens (including phenoxy) is 1. The molecule has 13 N–H and O–H groups in total. The lowest BCUT2D eigenvalue weighted by atomic mass is 10.0. The number of fused-ring (bicyclic) bond motifs is 1. The molecule has 0 unspecified atom stereocenters. The number of aliphatic hydroxyl groups excluding tert-OH is 5. The molecule has 3 rings (SSSR count). The van der Waals surface area contributed by atoms with E-state index in [0.29, 0.717) is 28.4 Å². The van der Waals surface area contributed by atoms with E-state index in [4.69, 9.17) is 15.6 Å². The van der Waals surface area contributed by atoms with Crippen molar-refractivity contribution in [2.75, 3.05) is 42.3 Å². The molecule has 2 heterocycles. The second-order valence-corrected chi connectivity index (χ2v) is 16.4. The summed E-state index contributed by atoms with van der Waals surface area (Å²) < 4.78 is 5.14. The molecule has 2 aromatic heterocycles. The molecular formula is C37H51N9O14S2. The first-order valence-corrected chi connectivity index (χ1v) is 21.5. The molecule has 0 aliphatic heterocycles. The number of carboxylic acids is 2. The number of aliphatic carboxylic acids is 2. The summed E-state index contributed by atoms with van der Waals surface area (Å²) >= 11 is 0. The fraction of sp³-hybridized carbons (Fsp3) is 0.514. The van der Waals surface area contributed by atoms with E-state index in [1.165, 1.54) is 29.9 Å². The van der Waals surface area contributed by atoms with Gasteiger partial charge in [0.05, 0.1) is 31.1 Å². The van der Waals surface area contributed by atoms with Gasteiger partial charge in [-0.3, -0.25) is 19.2 Å². The van der Waals surface area contributed by atoms with Crippen molar-refractivity contribution in [1.82, 2.24) is 35.9 Å². The van der Waals surface area contributed by atoms with E-state index in [2.05, 4.69) is 41.2 Å². The molecule has 23 nitrogen and oxygen atoms in total. The van der Waals surface area contributed by atoms with Gasteiger partial charge in [0.2, 0.25) is 11.8 Å². The lowest BCUT2D eigenvalue weighted by Crippen LogP contribution is -2.49. The van der Waals surface area contributed by atoms with Crippen LogP contribution in [0.25, 0.3) is 11.2 Å². The smallest absolute Gasteiger partial charge is 0.327 e. The van der Waals surface area contributed by atoms with Gasteiger partial charge in [0.1, 0.15) is 42.8 Å². The molecule has 7 atom stereocenters. The summed E-state index contributed by atoms with van der Waals surface area (Å²) in [5.74, 6) is -5.20. The molecule has 340 valence electrons. The van der Waals surface area contributed by atoms with Gasteiger partial charge >= 0.3 is 17.9 Å². The van der Waals surface area contributed by atoms with Crippen LogP contribution in [0.2, 0.25) is 0 Å². The molecule has 25 heteroatoms. The predicted octanol–water partition coefficient (Wildman–Crippen LogP) is -1.65. The Kier molecular flexibility index (Phi) is 20.9. The lowest BCUT2D eigenvalue weighted by Gasteiger charge is -2.25. The summed E-state index contributed by atoms with van der Waals surface area (Å²) in [6.45, 7) is 2.01. The third-order valence-electron chi connectivity index (χ3n) is 8.91. The summed E-state index contributed by atoms with van der Waals surface area (Å²) in [5, 5.41) is 77.1. The van der Waals surface area contributed by atoms with Crippen LogP contribution in [0.1, 0.15) is 54.5 Å². The van der Waals surface area contributed by atoms with E-state index in [9.17, 15) is 59.4 Å². The predicted molar refractivity (Wildman–Crippen MR) is 224 cm³/mol. The maximum absolute atomic E-state index is 12.8. The van der Waals surface area contributed by atoms with Crippen LogP contribution in [0, 0.1) is 12.8 Å². The fourth-order valence-corrected chi connectivity index (χ4v) is 7.23. The topological polar surface area (TPSA) is 379 Å². The van der Waals surface area contributed by atoms with Crippen LogP contribution in [-0.4, -0.2) is 159 Å². The number of aromatic nitrogens is 4. The molecule has 0 aliphatic rings. The van der Waals surface area contributed by atoms with Crippen LogP contribution in [0.4, 0.5) is 11.5 Å². The first kappa shape index (κ1) is 50.9. The number of carbonyl (C=O) groups excluding carboxylic acids is 4. The number of nitrogens with zero attached hydrogens (tertiary/aromatic N) is 4. The summed E-state index contributed by atoms with van der Waals surface area (Å²) in [7, 11) is 2.26. The first-order valence-electron chi connectivity index (χ1n) is 19.1. The maximum Gasteiger partial charge on any atom is 0.327 e. The number of hydrogen-bond acceptors (Lipinski definition) is 20. The third-order valence-corrected chi connectivity index (χ3v) is 11.3. The van der Waals surface area contributed by atoms with Gasteiger partial charge < -0.3 is 67.5 Å². The highest BCUT2D eigenvalue weighted by molar-refractivity contribution is 8.76. The highest BCUT2D eigenvalue weighted by Gasteiger charge is 2.30. The summed E-state index contributed by atoms with van der Waals surface area (Å²) in [4.78, 5) is 90.5. The van der Waals surface area contributed by atoms with Crippen LogP contribution in [0.3, 0.4) is 0 Å². The Hall–Kier alpha value is -5.44. The number of carboxylic acid groups (broad SMARTS) is 2. The van der Waals surface area contributed by atoms with Crippen LogP contribution < -0.4 is 27.0 Å². The summed E-state index contributed by atoms with van der Waals surface area (Å²) in [6.07, 6.45) is -6.28. The van der Waals surface area contributed by atoms with E-state index in [1.807, 2.05) is 0 Å². The number of rotatable bonds is 27. The van der Waals surface area contributed by atoms with Crippen molar-refractivity contribution >= 4 is 79.9 Å². The minimum absolute atomic E-state index is 0.00671. The van der Waals surface area contributed by atoms with Gasteiger partial charge in [-0.15, -0.1) is 0 Å². The van der Waals surface area contributed by atoms with Gasteiger partial charge in [0.15, 0.2) is 17.0 Å². The number of amides is 3. The zero-order chi connectivity index (χ0) is 45.9. The van der Waals surface area contributed by atoms with Crippen molar-refractivity contribution in [1.29, 1.82) is 0 Å². The Labute approximate surface area is 362 Å². The molecular weight excluding hydrogens is 859 g/mol. The maximum atomic E-state index is 12.8. The van der Waals surface area contributed by atoms with E-state index in [-0.39, 0.29) is 61.7 Å². The van der Waals surface area contributed by atoms with Crippen LogP contribution in [-0.2, 0) is 35.3 Å². The molecule has 1 aromatic carbocycles. The number of hydrogen-bond donors (Lipinski definition) is 12. The van der Waals surface area contributed by atoms with Crippen LogP contribution in [0.5, 0.6) is 0 Å². The monoisotopic (exact) mass is 909 g/mol. The average molecular weight is 910 g/mol. The van der Waals surface area contributed by atoms with Crippen molar-refractivity contribution in [2.45, 2.75) is 82.6 Å². The third kappa shape index (κ3) is 16.8. The van der Waals surface area contributed by atoms with Crippen molar-refractivity contribution < 1.29 is 69.2 Å². The SMILES string of the molecule is Cc1nc(N)c2nc(CNc3ccc(C(=O)N[C@@H](CCC(=O)OCCSSC[C@H](NC(=O)[C@@H](C)CCC(=O)NC[C@H](O)[C@@H](O)[C@H](O)[C@H](O)CO)C(=O)O)C(=O)O)cc3)cnc2n1. The molecule has 0 saturated heterocycles. The number of aliphatic hydroxyl groups is 5. The Morgan fingerprint density at radius 1 is 0.855 bits per heavy atom. The van der Waals surface area contributed by atoms with Gasteiger partial charge in [0.25, 0.3) is 5.91 Å². The number of anilines is 2. The molecule has 62 heavy (non-hydrogen) atoms. The molecule has 0 saturated carbocycles. The van der Waals surface area contributed by atoms with Gasteiger partial charge in [-0.1, -0.05) is 28.5 Å². The Morgan fingerprint density at radius 3 is 2.19 bits per heavy atom. The standard InChI is InChI=1S/C37H51N9O14S2/c1-18(3-9-27(50)40-15-25(48)30(52)31(53)26(49)16-47)34(54)46-24(37(58)59)17-62-61-12-11-60-28(51)10-8-23(36(56)57)45-35(55)20-4-6-21(7-5-20)39-13-22-14-41-33-29(44-22)32(38)42-19(2)43-33/h4-7,14,18,23-26,30-31,39,47-49,52-53H,3,8-13,15-17H2,1-2H3,(H,40,50)(H,45,55)(H,46,54)(H,56,57)(H,58,59)(H2,38,41,42,43)/t18-,23-,24-,25-,26+,30+,31+/m0/s1. The number of nitrogens with two attached hydrogens (primary N) is 1. The number of nitrogens with one attached hydrogen (secondary N) is 4. The number of nitrogen functional groups attached to an aromatic ring is 1. The van der Waals surface area contributed by atoms with Crippen LogP contribution >= 0.6 is 21.6 Å². The van der Waals surface area contributed by atoms with E-state index in [0.717, 1.165) is 10.8 Å². The van der Waals surface area contributed by atoms with Gasteiger partial charge in [-0.25, -0.2) is 29.5 Å². The lowest BCUT2D eigenvalue weighted by molar-refractivity contribution is -0.144. The molecule has 3 aromatic rings. The second kappa shape index (κ2) is 25.5. The molecule has 0 aliphatic carbocycles. The summed E-state index contributed by atoms with van der Waals surface area (Å²) in [6, 6.07) is 3.56. The normalized spacial score (nSPS) is 14.6. The zero-order valence-corrected chi connectivity index (χ0v) is 35.3. The number of carbonyl (C=O) groups is 6. The Bertz CT molecular complexity index is 2000. The van der Waals surface area contributed by atoms with Gasteiger partial charge in [0, 0.05) is 48.1 Å². The van der Waals surface area contributed by atoms with E-state index >= 15 is 0 Å². The minimum atomic E-state index is -1.86. The van der Waals surface area contributed by atoms with Gasteiger partial charge in [-0.2, -0.15) is 0 Å². The highest BCUT2D eigenvalue weighted by Crippen LogP contribution is 2.22. The fourth-order valence-electron chi connectivity index (χ4n) is 5.25. The highest BCUT2D eigenvalue weighted by atomic mass is 33.1. The van der Waals surface area contributed by atoms with Crippen molar-refractivity contribution in [3.8, 4) is 0 Å². The molecule has 0 bridgehead atoms. The summed E-state index contributed by atoms with van der Waals surface area (Å²) in [5.41, 5.74) is 8.08. The first-order chi connectivity index (χ1) is 29.4. The molecule has 0 radical (unpaired) electrons. The largest absolute Gasteiger partial charge is 0.480 e. The number of aryl methyl sites for hydroxylation is 1. The van der Waals surface area contributed by atoms with E-state index < -0.39 is 91.2 Å². The quantitative estimate of drug-likeness (QED) is 0.0231. The molecule has 0 fully saturated rings. The average Bonchev–Trinajstić information content (AvgIpc) is 3.24. The van der Waals surface area contributed by atoms with Crippen LogP contribution in [0.15, 0.2) is 30.5 Å². The zero-order valence-electron chi connectivity index (χ0n) is 33.7. The molecule has 0 spiro atoms. The second-order valence-electron chi connectivity index (χ2n) is 13.8. The van der Waals surface area contributed by atoms with E-state index in [1.54, 1.807) is 25.3 Å². The Balaban J connectivity index is 1.31. The number of benzene rings is 1. The van der Waals surface area contributed by atoms with Gasteiger partial charge in [-0.05, 0) is 44.0 Å². The van der Waals surface area contributed by atoms with Crippen molar-refractivity contribution in [3.05, 3.63) is 47.5 Å². The minimum Gasteiger partial charge on any atom is -0.480 e. The molecule has 3 amide bonds. The van der Waals surface area contributed by atoms with Crippen molar-refractivity contribution in [3.63, 3.8) is 0 Å².